The van der Waals surface area contributed by atoms with Gasteiger partial charge in [-0.05, 0) is 30.6 Å². The second kappa shape index (κ2) is 3.83. The summed E-state index contributed by atoms with van der Waals surface area (Å²) in [4.78, 5) is 11.8. The quantitative estimate of drug-likeness (QED) is 0.530. The van der Waals surface area contributed by atoms with E-state index < -0.39 is 0 Å². The molecule has 3 heteroatoms. The second-order valence-corrected chi connectivity index (χ2v) is 6.51. The number of esters is 1. The third kappa shape index (κ3) is 1.43. The van der Waals surface area contributed by atoms with Crippen molar-refractivity contribution in [3.63, 3.8) is 0 Å². The number of hydrogen-bond donors (Lipinski definition) is 1. The van der Waals surface area contributed by atoms with Gasteiger partial charge in [-0.3, -0.25) is 4.79 Å². The first kappa shape index (κ1) is 12.2. The Morgan fingerprint density at radius 3 is 2.89 bits per heavy atom. The maximum absolute atomic E-state index is 11.8. The molecule has 0 bridgehead atoms. The van der Waals surface area contributed by atoms with Crippen molar-refractivity contribution in [2.24, 2.45) is 23.2 Å². The lowest BCUT2D eigenvalue weighted by atomic mass is 9.52. The van der Waals surface area contributed by atoms with Crippen LogP contribution in [-0.4, -0.2) is 23.3 Å². The molecule has 2 aliphatic carbocycles. The number of rotatable bonds is 0. The van der Waals surface area contributed by atoms with Crippen LogP contribution in [-0.2, 0) is 9.53 Å². The predicted molar refractivity (Wildman–Crippen MR) is 67.7 cm³/mol. The fraction of sp³-hybridized carbons (Fsp3) is 0.800. The molecule has 0 aromatic rings. The normalized spacial score (nSPS) is 51.2. The number of ether oxygens (including phenoxy) is 1. The SMILES string of the molecule is C[C@@H]1C(=O)O[C@@H]2CCC3=C[C@@H](O)C[C@H](C)[C@@]3(C)[C@@H]12. The van der Waals surface area contributed by atoms with Crippen LogP contribution >= 0.6 is 0 Å². The lowest BCUT2D eigenvalue weighted by Gasteiger charge is -2.51. The maximum atomic E-state index is 11.8. The fourth-order valence-corrected chi connectivity index (χ4v) is 4.54. The van der Waals surface area contributed by atoms with Crippen molar-refractivity contribution in [3.8, 4) is 0 Å². The molecule has 100 valence electrons. The molecule has 1 aliphatic heterocycles. The van der Waals surface area contributed by atoms with E-state index in [1.54, 1.807) is 0 Å². The zero-order chi connectivity index (χ0) is 13.1. The van der Waals surface area contributed by atoms with E-state index in [0.29, 0.717) is 5.92 Å². The minimum atomic E-state index is -0.312. The minimum Gasteiger partial charge on any atom is -0.462 e. The van der Waals surface area contributed by atoms with Crippen molar-refractivity contribution >= 4 is 5.97 Å². The highest BCUT2D eigenvalue weighted by atomic mass is 16.6. The van der Waals surface area contributed by atoms with E-state index in [4.69, 9.17) is 4.74 Å². The van der Waals surface area contributed by atoms with E-state index >= 15 is 0 Å². The summed E-state index contributed by atoms with van der Waals surface area (Å²) in [5.74, 6) is 0.636. The standard InChI is InChI=1S/C15H22O3/c1-8-6-11(16)7-10-4-5-12-13(15(8,10)3)9(2)14(17)18-12/h7-9,11-13,16H,4-6H2,1-3H3/t8-,9-,11-,12+,13-,15+/m0/s1. The van der Waals surface area contributed by atoms with E-state index in [1.807, 2.05) is 13.0 Å². The number of carbonyl (C=O) groups is 1. The second-order valence-electron chi connectivity index (χ2n) is 6.51. The zero-order valence-electron chi connectivity index (χ0n) is 11.3. The Bertz CT molecular complexity index is 414. The number of aliphatic hydroxyl groups excluding tert-OH is 1. The fourth-order valence-electron chi connectivity index (χ4n) is 4.54. The van der Waals surface area contributed by atoms with Gasteiger partial charge in [-0.1, -0.05) is 32.4 Å². The number of fused-ring (bicyclic) bond motifs is 3. The molecule has 6 atom stereocenters. The van der Waals surface area contributed by atoms with Crippen LogP contribution in [0.5, 0.6) is 0 Å². The summed E-state index contributed by atoms with van der Waals surface area (Å²) in [7, 11) is 0. The minimum absolute atomic E-state index is 0.0126. The lowest BCUT2D eigenvalue weighted by molar-refractivity contribution is -0.144. The molecular formula is C15H22O3. The first-order valence-electron chi connectivity index (χ1n) is 7.04. The van der Waals surface area contributed by atoms with Gasteiger partial charge in [0.25, 0.3) is 0 Å². The van der Waals surface area contributed by atoms with Crippen molar-refractivity contribution in [1.82, 2.24) is 0 Å². The van der Waals surface area contributed by atoms with E-state index in [1.165, 1.54) is 5.57 Å². The van der Waals surface area contributed by atoms with Crippen LogP contribution in [0.1, 0.15) is 40.0 Å². The molecule has 3 nitrogen and oxygen atoms in total. The third-order valence-electron chi connectivity index (χ3n) is 5.67. The Labute approximate surface area is 108 Å². The van der Waals surface area contributed by atoms with Crippen molar-refractivity contribution in [2.45, 2.75) is 52.2 Å². The average Bonchev–Trinajstić information content (AvgIpc) is 2.58. The summed E-state index contributed by atoms with van der Waals surface area (Å²) in [5, 5.41) is 9.92. The highest BCUT2D eigenvalue weighted by molar-refractivity contribution is 5.75. The van der Waals surface area contributed by atoms with Gasteiger partial charge in [-0.25, -0.2) is 0 Å². The van der Waals surface area contributed by atoms with Crippen LogP contribution in [0.3, 0.4) is 0 Å². The van der Waals surface area contributed by atoms with E-state index in [0.717, 1.165) is 19.3 Å². The van der Waals surface area contributed by atoms with Gasteiger partial charge in [0.15, 0.2) is 0 Å². The van der Waals surface area contributed by atoms with Crippen LogP contribution in [0.15, 0.2) is 11.6 Å². The molecular weight excluding hydrogens is 228 g/mol. The maximum Gasteiger partial charge on any atom is 0.309 e. The van der Waals surface area contributed by atoms with Crippen molar-refractivity contribution in [2.75, 3.05) is 0 Å². The molecule has 1 saturated heterocycles. The molecule has 0 aromatic carbocycles. The summed E-state index contributed by atoms with van der Waals surface area (Å²) >= 11 is 0. The Morgan fingerprint density at radius 2 is 2.17 bits per heavy atom. The van der Waals surface area contributed by atoms with Crippen LogP contribution in [0, 0.1) is 23.2 Å². The van der Waals surface area contributed by atoms with E-state index in [9.17, 15) is 9.90 Å². The van der Waals surface area contributed by atoms with Gasteiger partial charge in [0.05, 0.1) is 12.0 Å². The summed E-state index contributed by atoms with van der Waals surface area (Å²) in [6.07, 6.45) is 4.48. The van der Waals surface area contributed by atoms with E-state index in [2.05, 4.69) is 13.8 Å². The third-order valence-corrected chi connectivity index (χ3v) is 5.67. The highest BCUT2D eigenvalue weighted by Crippen LogP contribution is 2.58. The molecule has 1 saturated carbocycles. The molecule has 1 heterocycles. The summed E-state index contributed by atoms with van der Waals surface area (Å²) in [5.41, 5.74) is 1.37. The molecule has 3 rings (SSSR count). The Morgan fingerprint density at radius 1 is 1.44 bits per heavy atom. The monoisotopic (exact) mass is 250 g/mol. The largest absolute Gasteiger partial charge is 0.462 e. The van der Waals surface area contributed by atoms with Gasteiger partial charge in [-0.2, -0.15) is 0 Å². The number of hydrogen-bond acceptors (Lipinski definition) is 3. The molecule has 0 unspecified atom stereocenters. The van der Waals surface area contributed by atoms with Crippen LogP contribution in [0.25, 0.3) is 0 Å². The Balaban J connectivity index is 2.05. The lowest BCUT2D eigenvalue weighted by Crippen LogP contribution is -2.48. The number of carbonyl (C=O) groups excluding carboxylic acids is 1. The summed E-state index contributed by atoms with van der Waals surface area (Å²) < 4.78 is 5.54. The van der Waals surface area contributed by atoms with Gasteiger partial charge in [-0.15, -0.1) is 0 Å². The molecule has 1 N–H and O–H groups in total. The van der Waals surface area contributed by atoms with Gasteiger partial charge >= 0.3 is 5.97 Å². The van der Waals surface area contributed by atoms with Crippen LogP contribution in [0.2, 0.25) is 0 Å². The summed E-state index contributed by atoms with van der Waals surface area (Å²) in [6.45, 7) is 6.47. The average molecular weight is 250 g/mol. The van der Waals surface area contributed by atoms with Gasteiger partial charge in [0.2, 0.25) is 0 Å². The van der Waals surface area contributed by atoms with E-state index in [-0.39, 0.29) is 35.4 Å². The predicted octanol–water partition coefficient (Wildman–Crippen LogP) is 2.29. The first-order valence-corrected chi connectivity index (χ1v) is 7.04. The smallest absolute Gasteiger partial charge is 0.309 e. The first-order chi connectivity index (χ1) is 8.44. The topological polar surface area (TPSA) is 46.5 Å². The highest BCUT2D eigenvalue weighted by Gasteiger charge is 2.58. The molecule has 0 radical (unpaired) electrons. The molecule has 0 amide bonds. The zero-order valence-corrected chi connectivity index (χ0v) is 11.3. The van der Waals surface area contributed by atoms with Gasteiger partial charge < -0.3 is 9.84 Å². The van der Waals surface area contributed by atoms with Gasteiger partial charge in [0, 0.05) is 5.92 Å². The van der Waals surface area contributed by atoms with Crippen molar-refractivity contribution in [3.05, 3.63) is 11.6 Å². The number of aliphatic hydroxyl groups is 1. The summed E-state index contributed by atoms with van der Waals surface area (Å²) in [6, 6.07) is 0. The van der Waals surface area contributed by atoms with Gasteiger partial charge in [0.1, 0.15) is 6.10 Å². The molecule has 0 spiro atoms. The molecule has 3 aliphatic rings. The Kier molecular flexibility index (Phi) is 2.60. The van der Waals surface area contributed by atoms with Crippen molar-refractivity contribution < 1.29 is 14.6 Å². The molecule has 0 aromatic heterocycles. The van der Waals surface area contributed by atoms with Crippen molar-refractivity contribution in [1.29, 1.82) is 0 Å². The molecule has 18 heavy (non-hydrogen) atoms. The Hall–Kier alpha value is -0.830. The number of allylic oxidation sites excluding steroid dienone is 1. The van der Waals surface area contributed by atoms with Crippen LogP contribution < -0.4 is 0 Å². The molecule has 2 fully saturated rings. The van der Waals surface area contributed by atoms with Crippen LogP contribution in [0.4, 0.5) is 0 Å².